The van der Waals surface area contributed by atoms with Crippen LogP contribution >= 0.6 is 11.8 Å². The van der Waals surface area contributed by atoms with Crippen LogP contribution in [0.1, 0.15) is 44.9 Å². The summed E-state index contributed by atoms with van der Waals surface area (Å²) in [6, 6.07) is 9.18. The number of benzene rings is 1. The zero-order valence-electron chi connectivity index (χ0n) is 13.9. The van der Waals surface area contributed by atoms with Crippen molar-refractivity contribution in [2.24, 2.45) is 10.2 Å². The van der Waals surface area contributed by atoms with Gasteiger partial charge < -0.3 is 5.11 Å². The number of amidine groups is 1. The van der Waals surface area contributed by atoms with Gasteiger partial charge in [-0.1, -0.05) is 42.8 Å². The second-order valence-electron chi connectivity index (χ2n) is 6.18. The Kier molecular flexibility index (Phi) is 5.86. The Morgan fingerprint density at radius 1 is 1.12 bits per heavy atom. The van der Waals surface area contributed by atoms with Crippen molar-refractivity contribution in [3.8, 4) is 0 Å². The highest BCUT2D eigenvalue weighted by molar-refractivity contribution is 8.16. The van der Waals surface area contributed by atoms with E-state index in [0.29, 0.717) is 10.9 Å². The summed E-state index contributed by atoms with van der Waals surface area (Å²) in [7, 11) is 0. The molecule has 1 heterocycles. The maximum Gasteiger partial charge on any atom is 0.305 e. The van der Waals surface area contributed by atoms with Crippen LogP contribution in [0.4, 0.5) is 5.69 Å². The molecular weight excluding hydrogens is 338 g/mol. The average Bonchev–Trinajstić information content (AvgIpc) is 2.78. The first-order chi connectivity index (χ1) is 12.1. The van der Waals surface area contributed by atoms with Crippen molar-refractivity contribution < 1.29 is 14.7 Å². The zero-order valence-corrected chi connectivity index (χ0v) is 14.7. The first-order valence-corrected chi connectivity index (χ1v) is 9.44. The van der Waals surface area contributed by atoms with Crippen LogP contribution in [-0.4, -0.2) is 33.1 Å². The Morgan fingerprint density at radius 2 is 1.80 bits per heavy atom. The largest absolute Gasteiger partial charge is 0.481 e. The van der Waals surface area contributed by atoms with Gasteiger partial charge in [0.05, 0.1) is 12.1 Å². The van der Waals surface area contributed by atoms with Gasteiger partial charge in [-0.15, -0.1) is 5.10 Å². The van der Waals surface area contributed by atoms with Crippen LogP contribution in [-0.2, 0) is 9.59 Å². The summed E-state index contributed by atoms with van der Waals surface area (Å²) in [5, 5.41) is 17.6. The number of carbonyl (C=O) groups is 2. The van der Waals surface area contributed by atoms with Crippen molar-refractivity contribution in [1.82, 2.24) is 0 Å². The van der Waals surface area contributed by atoms with Gasteiger partial charge >= 0.3 is 5.97 Å². The first kappa shape index (κ1) is 17.7. The molecule has 3 rings (SSSR count). The first-order valence-electron chi connectivity index (χ1n) is 8.56. The molecule has 1 aliphatic heterocycles. The summed E-state index contributed by atoms with van der Waals surface area (Å²) >= 11 is 1.18. The van der Waals surface area contributed by atoms with E-state index in [0.717, 1.165) is 31.4 Å². The highest BCUT2D eigenvalue weighted by atomic mass is 32.2. The van der Waals surface area contributed by atoms with E-state index in [9.17, 15) is 9.59 Å². The van der Waals surface area contributed by atoms with E-state index in [1.54, 1.807) is 0 Å². The quantitative estimate of drug-likeness (QED) is 0.657. The lowest BCUT2D eigenvalue weighted by atomic mass is 10.2. The van der Waals surface area contributed by atoms with Gasteiger partial charge in [-0.25, -0.2) is 0 Å². The molecule has 1 aromatic rings. The van der Waals surface area contributed by atoms with Gasteiger partial charge in [0, 0.05) is 5.71 Å². The van der Waals surface area contributed by atoms with E-state index in [4.69, 9.17) is 5.11 Å². The number of aliphatic carboxylic acids is 1. The predicted molar refractivity (Wildman–Crippen MR) is 100 cm³/mol. The molecule has 0 aromatic heterocycles. The third kappa shape index (κ3) is 4.48. The predicted octanol–water partition coefficient (Wildman–Crippen LogP) is 3.68. The Hall–Kier alpha value is -2.15. The maximum absolute atomic E-state index is 12.7. The minimum atomic E-state index is -0.991. The number of hydrogen-bond donors (Lipinski definition) is 1. The van der Waals surface area contributed by atoms with Crippen molar-refractivity contribution in [2.75, 3.05) is 4.90 Å². The number of amides is 1. The number of anilines is 1. The molecule has 2 aliphatic rings. The number of carbonyl (C=O) groups excluding carboxylic acids is 1. The van der Waals surface area contributed by atoms with Crippen molar-refractivity contribution in [1.29, 1.82) is 0 Å². The summed E-state index contributed by atoms with van der Waals surface area (Å²) in [4.78, 5) is 25.2. The van der Waals surface area contributed by atoms with Crippen LogP contribution in [0.25, 0.3) is 0 Å². The normalized spacial score (nSPS) is 23.0. The SMILES string of the molecule is O=C(O)C[C@@H]1S/C(=N/N=C2CCCCCC2)N(c2ccccc2)C1=O. The number of hydrogen-bond acceptors (Lipinski definition) is 5. The topological polar surface area (TPSA) is 82.3 Å². The van der Waals surface area contributed by atoms with Crippen molar-refractivity contribution >= 4 is 40.2 Å². The molecule has 132 valence electrons. The summed E-state index contributed by atoms with van der Waals surface area (Å²) in [6.45, 7) is 0. The third-order valence-electron chi connectivity index (χ3n) is 4.27. The number of carboxylic acid groups (broad SMARTS) is 1. The molecule has 2 fully saturated rings. The van der Waals surface area contributed by atoms with E-state index in [1.807, 2.05) is 30.3 Å². The summed E-state index contributed by atoms with van der Waals surface area (Å²) in [5.74, 6) is -1.24. The average molecular weight is 359 g/mol. The summed E-state index contributed by atoms with van der Waals surface area (Å²) in [6.07, 6.45) is 6.36. The van der Waals surface area contributed by atoms with Crippen molar-refractivity contribution in [3.05, 3.63) is 30.3 Å². The van der Waals surface area contributed by atoms with Crippen LogP contribution in [0.3, 0.4) is 0 Å². The van der Waals surface area contributed by atoms with Crippen molar-refractivity contribution in [2.45, 2.75) is 50.2 Å². The Balaban J connectivity index is 1.88. The molecule has 1 atom stereocenters. The van der Waals surface area contributed by atoms with Crippen LogP contribution < -0.4 is 4.90 Å². The fourth-order valence-electron chi connectivity index (χ4n) is 2.99. The van der Waals surface area contributed by atoms with Crippen LogP contribution in [0, 0.1) is 0 Å². The highest BCUT2D eigenvalue weighted by Gasteiger charge is 2.40. The van der Waals surface area contributed by atoms with Gasteiger partial charge in [0.1, 0.15) is 5.25 Å². The molecule has 1 aromatic carbocycles. The number of rotatable bonds is 4. The van der Waals surface area contributed by atoms with Crippen LogP contribution in [0.15, 0.2) is 40.5 Å². The molecular formula is C18H21N3O3S. The molecule has 0 radical (unpaired) electrons. The van der Waals surface area contributed by atoms with E-state index in [2.05, 4.69) is 10.2 Å². The van der Waals surface area contributed by atoms with Gasteiger partial charge in [-0.3, -0.25) is 14.5 Å². The molecule has 6 nitrogen and oxygen atoms in total. The lowest BCUT2D eigenvalue weighted by Crippen LogP contribution is -2.32. The molecule has 25 heavy (non-hydrogen) atoms. The number of carboxylic acids is 1. The monoisotopic (exact) mass is 359 g/mol. The molecule has 0 spiro atoms. The molecule has 1 aliphatic carbocycles. The van der Waals surface area contributed by atoms with E-state index in [-0.39, 0.29) is 12.3 Å². The fraction of sp³-hybridized carbons (Fsp3) is 0.444. The maximum atomic E-state index is 12.7. The molecule has 1 amide bonds. The molecule has 1 saturated carbocycles. The molecule has 7 heteroatoms. The van der Waals surface area contributed by atoms with Gasteiger partial charge in [-0.05, 0) is 37.8 Å². The molecule has 1 N–H and O–H groups in total. The van der Waals surface area contributed by atoms with Crippen LogP contribution in [0.2, 0.25) is 0 Å². The summed E-state index contributed by atoms with van der Waals surface area (Å²) in [5.41, 5.74) is 1.75. The molecule has 0 unspecified atom stereocenters. The van der Waals surface area contributed by atoms with Crippen LogP contribution in [0.5, 0.6) is 0 Å². The number of thioether (sulfide) groups is 1. The second kappa shape index (κ2) is 8.29. The zero-order chi connectivity index (χ0) is 17.6. The number of para-hydroxylation sites is 1. The van der Waals surface area contributed by atoms with Gasteiger partial charge in [0.15, 0.2) is 5.17 Å². The fourth-order valence-corrected chi connectivity index (χ4v) is 4.06. The second-order valence-corrected chi connectivity index (χ2v) is 7.35. The van der Waals surface area contributed by atoms with Gasteiger partial charge in [0.25, 0.3) is 0 Å². The Labute approximate surface area is 151 Å². The summed E-state index contributed by atoms with van der Waals surface area (Å²) < 4.78 is 0. The Morgan fingerprint density at radius 3 is 2.44 bits per heavy atom. The van der Waals surface area contributed by atoms with E-state index in [1.165, 1.54) is 29.5 Å². The third-order valence-corrected chi connectivity index (χ3v) is 5.39. The number of nitrogens with zero attached hydrogens (tertiary/aromatic N) is 3. The van der Waals surface area contributed by atoms with E-state index < -0.39 is 11.2 Å². The lowest BCUT2D eigenvalue weighted by Gasteiger charge is -2.15. The van der Waals surface area contributed by atoms with Crippen molar-refractivity contribution in [3.63, 3.8) is 0 Å². The molecule has 0 bridgehead atoms. The highest BCUT2D eigenvalue weighted by Crippen LogP contribution is 2.33. The smallest absolute Gasteiger partial charge is 0.305 e. The Bertz CT molecular complexity index is 693. The van der Waals surface area contributed by atoms with Gasteiger partial charge in [-0.2, -0.15) is 5.10 Å². The minimum absolute atomic E-state index is 0.220. The van der Waals surface area contributed by atoms with Gasteiger partial charge in [0.2, 0.25) is 5.91 Å². The van der Waals surface area contributed by atoms with E-state index >= 15 is 0 Å². The lowest BCUT2D eigenvalue weighted by molar-refractivity contribution is -0.138. The standard InChI is InChI=1S/C18H21N3O3S/c22-16(23)12-15-17(24)21(14-10-6-3-7-11-14)18(25-15)20-19-13-8-4-1-2-5-9-13/h3,6-7,10-11,15H,1-2,4-5,8-9,12H2,(H,22,23)/b20-18+/t15-/m0/s1. The molecule has 1 saturated heterocycles. The minimum Gasteiger partial charge on any atom is -0.481 e.